The molecule has 0 aliphatic heterocycles. The third-order valence-electron chi connectivity index (χ3n) is 3.92. The standard InChI is InChI=1S/C14H28N2O/c1-10(2)16-14(17)8-9-15-13-7-5-6-11(3)12(13)4/h10-13,15H,5-9H2,1-4H3,(H,16,17). The fraction of sp³-hybridized carbons (Fsp3) is 0.929. The zero-order valence-electron chi connectivity index (χ0n) is 11.8. The second-order valence-electron chi connectivity index (χ2n) is 5.80. The van der Waals surface area contributed by atoms with Crippen LogP contribution in [0, 0.1) is 11.8 Å². The molecule has 0 heterocycles. The SMILES string of the molecule is CC(C)NC(=O)CCNC1CCCC(C)C1C. The van der Waals surface area contributed by atoms with Crippen LogP contribution in [0.3, 0.4) is 0 Å². The van der Waals surface area contributed by atoms with Crippen molar-refractivity contribution in [1.82, 2.24) is 10.6 Å². The fourth-order valence-electron chi connectivity index (χ4n) is 2.64. The number of hydrogen-bond acceptors (Lipinski definition) is 2. The molecule has 1 rings (SSSR count). The van der Waals surface area contributed by atoms with Crippen LogP contribution in [0.4, 0.5) is 0 Å². The fourth-order valence-corrected chi connectivity index (χ4v) is 2.64. The topological polar surface area (TPSA) is 41.1 Å². The smallest absolute Gasteiger partial charge is 0.221 e. The number of amides is 1. The minimum absolute atomic E-state index is 0.156. The van der Waals surface area contributed by atoms with Crippen molar-refractivity contribution < 1.29 is 4.79 Å². The van der Waals surface area contributed by atoms with Gasteiger partial charge in [0.2, 0.25) is 5.91 Å². The second-order valence-corrected chi connectivity index (χ2v) is 5.80. The average molecular weight is 240 g/mol. The summed E-state index contributed by atoms with van der Waals surface area (Å²) in [6, 6.07) is 0.849. The third kappa shape index (κ3) is 5.07. The summed E-state index contributed by atoms with van der Waals surface area (Å²) in [5.74, 6) is 1.70. The van der Waals surface area contributed by atoms with Crippen LogP contribution in [0.5, 0.6) is 0 Å². The van der Waals surface area contributed by atoms with Gasteiger partial charge in [-0.05, 0) is 32.1 Å². The molecule has 3 nitrogen and oxygen atoms in total. The summed E-state index contributed by atoms with van der Waals surface area (Å²) in [6.07, 6.45) is 4.53. The van der Waals surface area contributed by atoms with Gasteiger partial charge in [-0.2, -0.15) is 0 Å². The molecule has 0 aromatic heterocycles. The van der Waals surface area contributed by atoms with Gasteiger partial charge < -0.3 is 10.6 Å². The van der Waals surface area contributed by atoms with Gasteiger partial charge in [-0.25, -0.2) is 0 Å². The maximum atomic E-state index is 11.5. The molecule has 0 saturated heterocycles. The van der Waals surface area contributed by atoms with Gasteiger partial charge in [0.15, 0.2) is 0 Å². The molecule has 17 heavy (non-hydrogen) atoms. The maximum Gasteiger partial charge on any atom is 0.221 e. The molecule has 1 aliphatic carbocycles. The second kappa shape index (κ2) is 7.00. The summed E-state index contributed by atoms with van der Waals surface area (Å²) in [5.41, 5.74) is 0. The van der Waals surface area contributed by atoms with Gasteiger partial charge in [-0.15, -0.1) is 0 Å². The summed E-state index contributed by atoms with van der Waals surface area (Å²) in [6.45, 7) is 9.46. The van der Waals surface area contributed by atoms with Crippen molar-refractivity contribution in [2.45, 2.75) is 65.5 Å². The van der Waals surface area contributed by atoms with Crippen LogP contribution >= 0.6 is 0 Å². The monoisotopic (exact) mass is 240 g/mol. The zero-order chi connectivity index (χ0) is 12.8. The van der Waals surface area contributed by atoms with Gasteiger partial charge in [0, 0.05) is 25.0 Å². The number of rotatable bonds is 5. The first-order valence-corrected chi connectivity index (χ1v) is 7.03. The molecular weight excluding hydrogens is 212 g/mol. The van der Waals surface area contributed by atoms with E-state index < -0.39 is 0 Å². The highest BCUT2D eigenvalue weighted by atomic mass is 16.1. The van der Waals surface area contributed by atoms with E-state index in [1.165, 1.54) is 19.3 Å². The normalized spacial score (nSPS) is 29.4. The van der Waals surface area contributed by atoms with E-state index in [-0.39, 0.29) is 11.9 Å². The predicted octanol–water partition coefficient (Wildman–Crippen LogP) is 2.32. The molecule has 100 valence electrons. The molecule has 1 fully saturated rings. The molecule has 3 heteroatoms. The summed E-state index contributed by atoms with van der Waals surface area (Å²) in [4.78, 5) is 11.5. The lowest BCUT2D eigenvalue weighted by Crippen LogP contribution is -2.42. The Morgan fingerprint density at radius 1 is 1.29 bits per heavy atom. The molecular formula is C14H28N2O. The van der Waals surface area contributed by atoms with E-state index in [2.05, 4.69) is 24.5 Å². The lowest BCUT2D eigenvalue weighted by molar-refractivity contribution is -0.121. The van der Waals surface area contributed by atoms with Crippen LogP contribution in [0.25, 0.3) is 0 Å². The number of nitrogens with one attached hydrogen (secondary N) is 2. The van der Waals surface area contributed by atoms with E-state index in [0.717, 1.165) is 18.4 Å². The molecule has 0 aromatic rings. The Labute approximate surface area is 106 Å². The minimum Gasteiger partial charge on any atom is -0.354 e. The predicted molar refractivity (Wildman–Crippen MR) is 71.9 cm³/mol. The van der Waals surface area contributed by atoms with E-state index in [9.17, 15) is 4.79 Å². The Morgan fingerprint density at radius 2 is 2.00 bits per heavy atom. The number of hydrogen-bond donors (Lipinski definition) is 2. The largest absolute Gasteiger partial charge is 0.354 e. The lowest BCUT2D eigenvalue weighted by Gasteiger charge is -2.34. The number of carbonyl (C=O) groups is 1. The van der Waals surface area contributed by atoms with Crippen LogP contribution in [0.1, 0.15) is 53.4 Å². The molecule has 1 amide bonds. The maximum absolute atomic E-state index is 11.5. The van der Waals surface area contributed by atoms with Crippen LogP contribution in [-0.4, -0.2) is 24.5 Å². The first-order valence-electron chi connectivity index (χ1n) is 7.03. The van der Waals surface area contributed by atoms with Crippen molar-refractivity contribution in [3.63, 3.8) is 0 Å². The molecule has 2 N–H and O–H groups in total. The van der Waals surface area contributed by atoms with Gasteiger partial charge in [0.25, 0.3) is 0 Å². The minimum atomic E-state index is 0.156. The molecule has 3 unspecified atom stereocenters. The van der Waals surface area contributed by atoms with Gasteiger partial charge in [-0.1, -0.05) is 26.7 Å². The van der Waals surface area contributed by atoms with Crippen LogP contribution in [-0.2, 0) is 4.79 Å². The lowest BCUT2D eigenvalue weighted by atomic mass is 9.78. The van der Waals surface area contributed by atoms with Crippen molar-refractivity contribution in [2.24, 2.45) is 11.8 Å². The van der Waals surface area contributed by atoms with Crippen LogP contribution < -0.4 is 10.6 Å². The van der Waals surface area contributed by atoms with E-state index in [0.29, 0.717) is 12.5 Å². The molecule has 0 bridgehead atoms. The van der Waals surface area contributed by atoms with Crippen molar-refractivity contribution in [3.8, 4) is 0 Å². The molecule has 0 aromatic carbocycles. The summed E-state index contributed by atoms with van der Waals surface area (Å²) in [5, 5.41) is 6.47. The third-order valence-corrected chi connectivity index (χ3v) is 3.92. The Morgan fingerprint density at radius 3 is 2.65 bits per heavy atom. The van der Waals surface area contributed by atoms with Gasteiger partial charge in [-0.3, -0.25) is 4.79 Å². The molecule has 1 aliphatic rings. The highest BCUT2D eigenvalue weighted by Gasteiger charge is 2.26. The van der Waals surface area contributed by atoms with Crippen molar-refractivity contribution in [1.29, 1.82) is 0 Å². The van der Waals surface area contributed by atoms with Gasteiger partial charge >= 0.3 is 0 Å². The highest BCUT2D eigenvalue weighted by Crippen LogP contribution is 2.29. The Kier molecular flexibility index (Phi) is 5.96. The molecule has 3 atom stereocenters. The summed E-state index contributed by atoms with van der Waals surface area (Å²) < 4.78 is 0. The van der Waals surface area contributed by atoms with Crippen molar-refractivity contribution in [3.05, 3.63) is 0 Å². The van der Waals surface area contributed by atoms with E-state index in [1.54, 1.807) is 0 Å². The zero-order valence-corrected chi connectivity index (χ0v) is 11.8. The first-order chi connectivity index (χ1) is 8.00. The molecule has 0 spiro atoms. The molecule has 1 saturated carbocycles. The van der Waals surface area contributed by atoms with Crippen molar-refractivity contribution in [2.75, 3.05) is 6.54 Å². The van der Waals surface area contributed by atoms with E-state index >= 15 is 0 Å². The summed E-state index contributed by atoms with van der Waals surface area (Å²) >= 11 is 0. The average Bonchev–Trinajstić information content (AvgIpc) is 2.23. The van der Waals surface area contributed by atoms with E-state index in [1.807, 2.05) is 13.8 Å². The van der Waals surface area contributed by atoms with Gasteiger partial charge in [0.1, 0.15) is 0 Å². The quantitative estimate of drug-likeness (QED) is 0.774. The van der Waals surface area contributed by atoms with Crippen LogP contribution in [0.15, 0.2) is 0 Å². The molecule has 0 radical (unpaired) electrons. The number of carbonyl (C=O) groups excluding carboxylic acids is 1. The first kappa shape index (κ1) is 14.5. The Hall–Kier alpha value is -0.570. The van der Waals surface area contributed by atoms with Gasteiger partial charge in [0.05, 0.1) is 0 Å². The van der Waals surface area contributed by atoms with Crippen molar-refractivity contribution >= 4 is 5.91 Å². The highest BCUT2D eigenvalue weighted by molar-refractivity contribution is 5.76. The van der Waals surface area contributed by atoms with Crippen LogP contribution in [0.2, 0.25) is 0 Å². The van der Waals surface area contributed by atoms with E-state index in [4.69, 9.17) is 0 Å². The summed E-state index contributed by atoms with van der Waals surface area (Å²) in [7, 11) is 0. The Balaban J connectivity index is 2.19. The Bertz CT molecular complexity index is 240.